The quantitative estimate of drug-likeness (QED) is 0.454. The number of alkyl carbamates (subject to hydrolysis) is 1. The molecule has 40 heavy (non-hydrogen) atoms. The van der Waals surface area contributed by atoms with Gasteiger partial charge in [-0.25, -0.2) is 9.18 Å². The van der Waals surface area contributed by atoms with Crippen LogP contribution < -0.4 is 10.6 Å². The highest BCUT2D eigenvalue weighted by Crippen LogP contribution is 2.40. The van der Waals surface area contributed by atoms with Crippen molar-refractivity contribution in [2.45, 2.75) is 83.4 Å². The van der Waals surface area contributed by atoms with Crippen molar-refractivity contribution in [3.05, 3.63) is 59.2 Å². The molecule has 8 heteroatoms. The maximum absolute atomic E-state index is 14.8. The molecule has 210 valence electrons. The van der Waals surface area contributed by atoms with Crippen LogP contribution >= 0.6 is 0 Å². The zero-order chi connectivity index (χ0) is 28.4. The van der Waals surface area contributed by atoms with Crippen molar-refractivity contribution in [3.8, 4) is 11.8 Å². The first-order valence-electron chi connectivity index (χ1n) is 14.1. The maximum Gasteiger partial charge on any atom is 0.407 e. The summed E-state index contributed by atoms with van der Waals surface area (Å²) in [6.07, 6.45) is 13.9. The summed E-state index contributed by atoms with van der Waals surface area (Å²) in [5.41, 5.74) is 2.09. The number of nitrogens with zero attached hydrogens (tertiary/aromatic N) is 2. The van der Waals surface area contributed by atoms with E-state index in [0.717, 1.165) is 37.7 Å². The maximum atomic E-state index is 14.8. The van der Waals surface area contributed by atoms with Crippen LogP contribution in [-0.4, -0.2) is 40.9 Å². The smallest absolute Gasteiger partial charge is 0.407 e. The molecule has 0 saturated heterocycles. The van der Waals surface area contributed by atoms with Gasteiger partial charge in [-0.1, -0.05) is 24.8 Å². The summed E-state index contributed by atoms with van der Waals surface area (Å²) in [7, 11) is 0. The first-order valence-corrected chi connectivity index (χ1v) is 14.1. The minimum atomic E-state index is -0.647. The summed E-state index contributed by atoms with van der Waals surface area (Å²) < 4.78 is 20.3. The average molecular weight is 545 g/mol. The first-order chi connectivity index (χ1) is 19.1. The summed E-state index contributed by atoms with van der Waals surface area (Å²) in [6.45, 7) is 7.70. The van der Waals surface area contributed by atoms with E-state index in [4.69, 9.17) is 4.74 Å². The van der Waals surface area contributed by atoms with E-state index in [0.29, 0.717) is 28.7 Å². The Kier molecular flexibility index (Phi) is 7.93. The van der Waals surface area contributed by atoms with Gasteiger partial charge in [-0.2, -0.15) is 0 Å². The molecule has 0 aromatic carbocycles. The highest BCUT2D eigenvalue weighted by atomic mass is 19.1. The number of hydrogen-bond acceptors (Lipinski definition) is 5. The molecule has 0 bridgehead atoms. The summed E-state index contributed by atoms with van der Waals surface area (Å²) in [5.74, 6) is 5.88. The molecule has 0 radical (unpaired) electrons. The number of carbonyl (C=O) groups excluding carboxylic acids is 2. The van der Waals surface area contributed by atoms with Crippen LogP contribution in [-0.2, 0) is 9.53 Å². The van der Waals surface area contributed by atoms with Crippen molar-refractivity contribution in [2.75, 3.05) is 5.32 Å². The van der Waals surface area contributed by atoms with Gasteiger partial charge in [0.1, 0.15) is 11.4 Å². The van der Waals surface area contributed by atoms with Gasteiger partial charge in [-0.15, -0.1) is 0 Å². The molecule has 4 aliphatic rings. The number of carbonyl (C=O) groups is 2. The molecule has 2 heterocycles. The lowest BCUT2D eigenvalue weighted by molar-refractivity contribution is -0.113. The predicted molar refractivity (Wildman–Crippen MR) is 153 cm³/mol. The Hall–Kier alpha value is -3.73. The lowest BCUT2D eigenvalue weighted by Gasteiger charge is -2.35. The van der Waals surface area contributed by atoms with Gasteiger partial charge >= 0.3 is 6.09 Å². The SMILES string of the molecule is C[C@@H]1C[C@H](NC(=O)OC(C)(C)C)C[C@H](c2ccncc2NC(=O)C2=CC=C(F)C3C=C(C#CC4CC4)C=NC23)C1. The second-order valence-corrected chi connectivity index (χ2v) is 12.4. The lowest BCUT2D eigenvalue weighted by Crippen LogP contribution is -2.42. The number of anilines is 1. The van der Waals surface area contributed by atoms with Gasteiger partial charge in [0.25, 0.3) is 5.91 Å². The van der Waals surface area contributed by atoms with Gasteiger partial charge in [-0.3, -0.25) is 14.8 Å². The van der Waals surface area contributed by atoms with Crippen molar-refractivity contribution < 1.29 is 18.7 Å². The van der Waals surface area contributed by atoms with Gasteiger partial charge in [0.2, 0.25) is 0 Å². The molecule has 2 saturated carbocycles. The van der Waals surface area contributed by atoms with Crippen molar-refractivity contribution >= 4 is 23.9 Å². The van der Waals surface area contributed by atoms with E-state index in [-0.39, 0.29) is 23.7 Å². The van der Waals surface area contributed by atoms with E-state index in [2.05, 4.69) is 39.4 Å². The van der Waals surface area contributed by atoms with E-state index in [1.807, 2.05) is 26.8 Å². The molecule has 7 nitrogen and oxygen atoms in total. The number of aromatic nitrogens is 1. The van der Waals surface area contributed by atoms with Gasteiger partial charge in [0, 0.05) is 35.5 Å². The third-order valence-corrected chi connectivity index (χ3v) is 7.60. The number of amides is 2. The molecular weight excluding hydrogens is 507 g/mol. The Balaban J connectivity index is 1.29. The van der Waals surface area contributed by atoms with Crippen LogP contribution in [0.1, 0.15) is 71.3 Å². The van der Waals surface area contributed by atoms with Crippen molar-refractivity contribution in [2.24, 2.45) is 22.7 Å². The van der Waals surface area contributed by atoms with Crippen molar-refractivity contribution in [1.29, 1.82) is 0 Å². The number of hydrogen-bond donors (Lipinski definition) is 2. The van der Waals surface area contributed by atoms with Gasteiger partial charge in [0.15, 0.2) is 0 Å². The minimum Gasteiger partial charge on any atom is -0.444 e. The number of nitrogens with one attached hydrogen (secondary N) is 2. The van der Waals surface area contributed by atoms with E-state index >= 15 is 0 Å². The molecular formula is C32H37FN4O3. The van der Waals surface area contributed by atoms with Crippen LogP contribution in [0.4, 0.5) is 14.9 Å². The molecule has 5 rings (SSSR count). The second kappa shape index (κ2) is 11.4. The normalized spacial score (nSPS) is 27.6. The van der Waals surface area contributed by atoms with Crippen LogP contribution in [0.3, 0.4) is 0 Å². The zero-order valence-corrected chi connectivity index (χ0v) is 23.5. The fraction of sp³-hybridized carbons (Fsp3) is 0.500. The zero-order valence-electron chi connectivity index (χ0n) is 23.5. The van der Waals surface area contributed by atoms with E-state index in [9.17, 15) is 14.0 Å². The number of rotatable bonds is 4. The summed E-state index contributed by atoms with van der Waals surface area (Å²) in [5, 5.41) is 6.06. The second-order valence-electron chi connectivity index (χ2n) is 12.4. The molecule has 2 unspecified atom stereocenters. The number of aliphatic imine (C=N–C) groups is 1. The fourth-order valence-electron chi connectivity index (χ4n) is 5.67. The molecule has 0 spiro atoms. The molecule has 5 atom stereocenters. The molecule has 2 amide bonds. The van der Waals surface area contributed by atoms with Crippen LogP contribution in [0.5, 0.6) is 0 Å². The predicted octanol–water partition coefficient (Wildman–Crippen LogP) is 6.02. The highest BCUT2D eigenvalue weighted by molar-refractivity contribution is 6.06. The summed E-state index contributed by atoms with van der Waals surface area (Å²) in [4.78, 5) is 34.7. The molecule has 3 aliphatic carbocycles. The fourth-order valence-corrected chi connectivity index (χ4v) is 5.67. The van der Waals surface area contributed by atoms with Crippen LogP contribution in [0.15, 0.2) is 58.7 Å². The minimum absolute atomic E-state index is 0.0455. The molecule has 1 aromatic heterocycles. The Labute approximate surface area is 235 Å². The number of allylic oxidation sites excluding steroid dienone is 3. The summed E-state index contributed by atoms with van der Waals surface area (Å²) in [6, 6.07) is 1.23. The van der Waals surface area contributed by atoms with Crippen molar-refractivity contribution in [3.63, 3.8) is 0 Å². The van der Waals surface area contributed by atoms with E-state index < -0.39 is 23.7 Å². The lowest BCUT2D eigenvalue weighted by atomic mass is 9.76. The van der Waals surface area contributed by atoms with Gasteiger partial charge in [-0.05, 0) is 88.5 Å². The van der Waals surface area contributed by atoms with Gasteiger partial charge in [0.05, 0.1) is 23.8 Å². The van der Waals surface area contributed by atoms with Crippen LogP contribution in [0.2, 0.25) is 0 Å². The first kappa shape index (κ1) is 27.8. The molecule has 2 fully saturated rings. The third kappa shape index (κ3) is 6.88. The van der Waals surface area contributed by atoms with Crippen LogP contribution in [0, 0.1) is 29.6 Å². The number of dihydropyridines is 1. The Bertz CT molecular complexity index is 1360. The Morgan fingerprint density at radius 3 is 2.70 bits per heavy atom. The summed E-state index contributed by atoms with van der Waals surface area (Å²) >= 11 is 0. The van der Waals surface area contributed by atoms with Crippen molar-refractivity contribution in [1.82, 2.24) is 10.3 Å². The molecule has 1 aliphatic heterocycles. The average Bonchev–Trinajstić information content (AvgIpc) is 3.71. The van der Waals surface area contributed by atoms with E-state index in [1.165, 1.54) is 12.2 Å². The number of fused-ring (bicyclic) bond motifs is 1. The van der Waals surface area contributed by atoms with Crippen LogP contribution in [0.25, 0.3) is 0 Å². The molecule has 1 aromatic rings. The Morgan fingerprint density at radius 1 is 1.15 bits per heavy atom. The Morgan fingerprint density at radius 2 is 1.95 bits per heavy atom. The third-order valence-electron chi connectivity index (χ3n) is 7.60. The topological polar surface area (TPSA) is 92.7 Å². The molecule has 2 N–H and O–H groups in total. The number of pyridine rings is 1. The van der Waals surface area contributed by atoms with E-state index in [1.54, 1.807) is 24.7 Å². The largest absolute Gasteiger partial charge is 0.444 e. The standard InChI is InChI=1S/C32H37FN4O3/c1-19-13-22(16-23(14-19)36-31(39)40-32(2,3)4)24-11-12-34-18-28(24)37-30(38)25-9-10-27(33)26-15-21(17-35-29(25)26)8-7-20-5-6-20/h9-12,15,17-20,22-23,26,29H,5-6,13-14,16H2,1-4H3,(H,36,39)(H,37,38)/t19-,22+,23-,26?,29?/m0/s1. The van der Waals surface area contributed by atoms with Gasteiger partial charge < -0.3 is 15.4 Å². The number of ether oxygens (including phenoxy) is 1. The monoisotopic (exact) mass is 544 g/mol. The highest BCUT2D eigenvalue weighted by Gasteiger charge is 2.36. The number of halogens is 1.